The first-order valence-electron chi connectivity index (χ1n) is 12.4. The summed E-state index contributed by atoms with van der Waals surface area (Å²) >= 11 is 0. The van der Waals surface area contributed by atoms with Crippen molar-refractivity contribution < 1.29 is 28.6 Å². The molecule has 1 N–H and O–H groups in total. The van der Waals surface area contributed by atoms with Gasteiger partial charge in [-0.3, -0.25) is 14.5 Å². The van der Waals surface area contributed by atoms with Gasteiger partial charge < -0.3 is 19.0 Å². The van der Waals surface area contributed by atoms with Crippen molar-refractivity contribution in [2.45, 2.75) is 53.0 Å². The van der Waals surface area contributed by atoms with Gasteiger partial charge in [0.1, 0.15) is 34.8 Å². The van der Waals surface area contributed by atoms with Crippen LogP contribution in [-0.4, -0.2) is 30.0 Å². The number of carbonyl (C=O) groups excluding carboxylic acids is 2. The Labute approximate surface area is 217 Å². The van der Waals surface area contributed by atoms with E-state index in [1.54, 1.807) is 55.5 Å². The lowest BCUT2D eigenvalue weighted by Gasteiger charge is -2.25. The van der Waals surface area contributed by atoms with E-state index in [-0.39, 0.29) is 16.7 Å². The maximum absolute atomic E-state index is 13.4. The zero-order chi connectivity index (χ0) is 26.9. The molecule has 1 aliphatic rings. The molecule has 0 saturated carbocycles. The maximum Gasteiger partial charge on any atom is 0.300 e. The number of carbonyl (C=O) groups is 2. The van der Waals surface area contributed by atoms with Crippen molar-refractivity contribution in [1.82, 2.24) is 0 Å². The van der Waals surface area contributed by atoms with E-state index in [0.29, 0.717) is 47.5 Å². The second-order valence-electron chi connectivity index (χ2n) is 9.94. The van der Waals surface area contributed by atoms with E-state index in [2.05, 4.69) is 0 Å². The van der Waals surface area contributed by atoms with Crippen LogP contribution >= 0.6 is 0 Å². The molecule has 194 valence electrons. The molecule has 0 aliphatic carbocycles. The molecule has 1 aromatic heterocycles. The number of furan rings is 1. The van der Waals surface area contributed by atoms with Crippen molar-refractivity contribution in [2.24, 2.45) is 0 Å². The van der Waals surface area contributed by atoms with Crippen molar-refractivity contribution in [3.8, 4) is 11.5 Å². The van der Waals surface area contributed by atoms with Gasteiger partial charge in [0.15, 0.2) is 0 Å². The Morgan fingerprint density at radius 1 is 1.00 bits per heavy atom. The monoisotopic (exact) mass is 503 g/mol. The topological polar surface area (TPSA) is 89.2 Å². The molecule has 2 heterocycles. The van der Waals surface area contributed by atoms with E-state index in [4.69, 9.17) is 13.9 Å². The first-order chi connectivity index (χ1) is 17.6. The number of anilines is 1. The first kappa shape index (κ1) is 26.1. The number of hydrogen-bond donors (Lipinski definition) is 1. The first-order valence-corrected chi connectivity index (χ1v) is 12.4. The van der Waals surface area contributed by atoms with Gasteiger partial charge in [-0.1, -0.05) is 26.8 Å². The number of aliphatic hydroxyl groups excluding tert-OH is 1. The van der Waals surface area contributed by atoms with Gasteiger partial charge in [-0.25, -0.2) is 0 Å². The highest BCUT2D eigenvalue weighted by atomic mass is 16.5. The fourth-order valence-electron chi connectivity index (χ4n) is 4.56. The fraction of sp³-hybridized carbons (Fsp3) is 0.333. The maximum atomic E-state index is 13.4. The summed E-state index contributed by atoms with van der Waals surface area (Å²) in [5, 5.41) is 11.5. The molecule has 7 nitrogen and oxygen atoms in total. The Morgan fingerprint density at radius 2 is 1.73 bits per heavy atom. The summed E-state index contributed by atoms with van der Waals surface area (Å²) in [6.45, 7) is 12.7. The molecule has 3 aromatic rings. The quantitative estimate of drug-likeness (QED) is 0.231. The van der Waals surface area contributed by atoms with Crippen LogP contribution < -0.4 is 14.4 Å². The van der Waals surface area contributed by atoms with Crippen LogP contribution in [0.15, 0.2) is 64.6 Å². The molecule has 0 bridgehead atoms. The van der Waals surface area contributed by atoms with Gasteiger partial charge in [-0.15, -0.1) is 0 Å². The van der Waals surface area contributed by atoms with Crippen molar-refractivity contribution in [1.29, 1.82) is 0 Å². The van der Waals surface area contributed by atoms with Gasteiger partial charge in [0.2, 0.25) is 0 Å². The summed E-state index contributed by atoms with van der Waals surface area (Å²) in [6, 6.07) is 14.8. The molecular weight excluding hydrogens is 470 g/mol. The predicted molar refractivity (Wildman–Crippen MR) is 142 cm³/mol. The van der Waals surface area contributed by atoms with E-state index in [1.165, 1.54) is 4.90 Å². The number of rotatable bonds is 7. The molecule has 1 amide bonds. The molecule has 37 heavy (non-hydrogen) atoms. The molecule has 1 atom stereocenters. The van der Waals surface area contributed by atoms with E-state index in [0.717, 1.165) is 5.56 Å². The molecule has 0 radical (unpaired) electrons. The number of aliphatic hydroxyl groups is 1. The van der Waals surface area contributed by atoms with E-state index >= 15 is 0 Å². The molecular formula is C30H33NO6. The molecule has 1 unspecified atom stereocenters. The minimum Gasteiger partial charge on any atom is -0.507 e. The van der Waals surface area contributed by atoms with Crippen LogP contribution in [0.5, 0.6) is 11.5 Å². The normalized spacial score (nSPS) is 17.4. The van der Waals surface area contributed by atoms with Crippen LogP contribution in [-0.2, 0) is 15.0 Å². The number of aryl methyl sites for hydroxylation is 1. The number of hydrogen-bond acceptors (Lipinski definition) is 6. The van der Waals surface area contributed by atoms with Gasteiger partial charge in [0.25, 0.3) is 11.7 Å². The lowest BCUT2D eigenvalue weighted by atomic mass is 9.84. The summed E-state index contributed by atoms with van der Waals surface area (Å²) < 4.78 is 17.3. The van der Waals surface area contributed by atoms with Crippen molar-refractivity contribution in [3.05, 3.63) is 82.8 Å². The summed E-state index contributed by atoms with van der Waals surface area (Å²) in [7, 11) is 0. The summed E-state index contributed by atoms with van der Waals surface area (Å²) in [5.41, 5.74) is 1.44. The van der Waals surface area contributed by atoms with Crippen molar-refractivity contribution >= 4 is 23.1 Å². The van der Waals surface area contributed by atoms with Crippen molar-refractivity contribution in [3.63, 3.8) is 0 Å². The lowest BCUT2D eigenvalue weighted by Crippen LogP contribution is -2.29. The second-order valence-corrected chi connectivity index (χ2v) is 9.94. The second kappa shape index (κ2) is 10.2. The Morgan fingerprint density at radius 3 is 2.35 bits per heavy atom. The molecule has 2 aromatic carbocycles. The molecule has 4 rings (SSSR count). The van der Waals surface area contributed by atoms with Gasteiger partial charge in [-0.2, -0.15) is 0 Å². The number of ether oxygens (including phenoxy) is 2. The SMILES string of the molecule is CCOc1cccc(N2C(=O)C(=O)/C(=C(\O)c3ccc(OCC)c(C(C)(C)C)c3)C2c2ccc(C)o2)c1. The van der Waals surface area contributed by atoms with Gasteiger partial charge in [-0.05, 0) is 68.7 Å². The highest BCUT2D eigenvalue weighted by molar-refractivity contribution is 6.51. The van der Waals surface area contributed by atoms with E-state index in [1.807, 2.05) is 40.7 Å². The minimum absolute atomic E-state index is 0.0369. The van der Waals surface area contributed by atoms with Crippen LogP contribution in [0.2, 0.25) is 0 Å². The van der Waals surface area contributed by atoms with E-state index < -0.39 is 17.7 Å². The Hall–Kier alpha value is -4.00. The largest absolute Gasteiger partial charge is 0.507 e. The van der Waals surface area contributed by atoms with Crippen LogP contribution in [0.3, 0.4) is 0 Å². The number of nitrogens with zero attached hydrogens (tertiary/aromatic N) is 1. The zero-order valence-corrected chi connectivity index (χ0v) is 22.1. The minimum atomic E-state index is -0.949. The van der Waals surface area contributed by atoms with Gasteiger partial charge >= 0.3 is 0 Å². The van der Waals surface area contributed by atoms with Crippen LogP contribution in [0.4, 0.5) is 5.69 Å². The fourth-order valence-corrected chi connectivity index (χ4v) is 4.56. The molecule has 1 saturated heterocycles. The number of ketones is 1. The Kier molecular flexibility index (Phi) is 7.16. The summed E-state index contributed by atoms with van der Waals surface area (Å²) in [6.07, 6.45) is 0. The van der Waals surface area contributed by atoms with Gasteiger partial charge in [0.05, 0.1) is 18.8 Å². The van der Waals surface area contributed by atoms with Crippen LogP contribution in [0.25, 0.3) is 5.76 Å². The van der Waals surface area contributed by atoms with Crippen molar-refractivity contribution in [2.75, 3.05) is 18.1 Å². The third kappa shape index (κ3) is 4.99. The zero-order valence-electron chi connectivity index (χ0n) is 22.1. The summed E-state index contributed by atoms with van der Waals surface area (Å²) in [5.74, 6) is 0.465. The number of amides is 1. The Bertz CT molecular complexity index is 1360. The third-order valence-corrected chi connectivity index (χ3v) is 6.24. The predicted octanol–water partition coefficient (Wildman–Crippen LogP) is 6.31. The number of Topliss-reactive ketones (excluding diaryl/α,β-unsaturated/α-hetero) is 1. The average molecular weight is 504 g/mol. The van der Waals surface area contributed by atoms with Gasteiger partial charge in [0, 0.05) is 22.9 Å². The molecule has 7 heteroatoms. The Balaban J connectivity index is 1.92. The van der Waals surface area contributed by atoms with Crippen LogP contribution in [0, 0.1) is 6.92 Å². The molecule has 1 aliphatic heterocycles. The highest BCUT2D eigenvalue weighted by Crippen LogP contribution is 2.44. The third-order valence-electron chi connectivity index (χ3n) is 6.24. The highest BCUT2D eigenvalue weighted by Gasteiger charge is 2.48. The standard InChI is InChI=1S/C30H33NO6/c1-7-35-21-11-9-10-20(17-21)31-26(24-14-12-18(3)37-24)25(28(33)29(31)34)27(32)19-13-15-23(36-8-2)22(16-19)30(4,5)6/h9-17,26,32H,7-8H2,1-6H3/b27-25-. The molecule has 0 spiro atoms. The molecule has 1 fully saturated rings. The summed E-state index contributed by atoms with van der Waals surface area (Å²) in [4.78, 5) is 28.2. The number of benzene rings is 2. The smallest absolute Gasteiger partial charge is 0.300 e. The van der Waals surface area contributed by atoms with Crippen LogP contribution in [0.1, 0.15) is 63.3 Å². The average Bonchev–Trinajstić information content (AvgIpc) is 3.39. The lowest BCUT2D eigenvalue weighted by molar-refractivity contribution is -0.132. The van der Waals surface area contributed by atoms with E-state index in [9.17, 15) is 14.7 Å².